The topological polar surface area (TPSA) is 81.7 Å². The highest BCUT2D eigenvalue weighted by Crippen LogP contribution is 2.28. The average Bonchev–Trinajstić information content (AvgIpc) is 2.75. The summed E-state index contributed by atoms with van der Waals surface area (Å²) < 4.78 is 0. The number of carbonyl (C=O) groups is 2. The van der Waals surface area contributed by atoms with Crippen molar-refractivity contribution in [2.24, 2.45) is 5.92 Å². The molecular weight excluding hydrogens is 425 g/mol. The molecule has 3 amide bonds. The Hall–Kier alpha value is -2.44. The van der Waals surface area contributed by atoms with Gasteiger partial charge in [-0.3, -0.25) is 4.79 Å². The van der Waals surface area contributed by atoms with Gasteiger partial charge in [-0.2, -0.15) is 0 Å². The number of anilines is 1. The van der Waals surface area contributed by atoms with E-state index in [0.717, 1.165) is 12.0 Å². The molecule has 0 bridgehead atoms. The number of amides is 3. The lowest BCUT2D eigenvalue weighted by atomic mass is 9.96. The first kappa shape index (κ1) is 22.2. The summed E-state index contributed by atoms with van der Waals surface area (Å²) >= 11 is 11.9. The zero-order valence-electron chi connectivity index (χ0n) is 16.7. The Balaban J connectivity index is 1.52. The Labute approximate surface area is 186 Å². The van der Waals surface area contributed by atoms with Crippen LogP contribution >= 0.6 is 23.2 Å². The third-order valence-corrected chi connectivity index (χ3v) is 5.83. The monoisotopic (exact) mass is 449 g/mol. The molecule has 0 radical (unpaired) electrons. The number of carbonyl (C=O) groups excluding carboxylic acids is 2. The molecule has 2 aromatic rings. The lowest BCUT2D eigenvalue weighted by Gasteiger charge is -2.32. The molecule has 1 aliphatic heterocycles. The van der Waals surface area contributed by atoms with Crippen molar-refractivity contribution in [1.82, 2.24) is 10.2 Å². The van der Waals surface area contributed by atoms with Gasteiger partial charge in [0.2, 0.25) is 5.91 Å². The number of nitrogens with one attached hydrogen (secondary N) is 2. The molecule has 1 fully saturated rings. The SMILES string of the molecule is CCC(NC(=O)N1CCC(C(=O)Nc2cc(Cl)ccc2O)CC1)c1ccc(Cl)cc1. The molecule has 160 valence electrons. The highest BCUT2D eigenvalue weighted by molar-refractivity contribution is 6.31. The molecule has 1 atom stereocenters. The summed E-state index contributed by atoms with van der Waals surface area (Å²) in [6, 6.07) is 11.7. The Bertz CT molecular complexity index is 897. The van der Waals surface area contributed by atoms with Crippen LogP contribution in [-0.2, 0) is 4.79 Å². The van der Waals surface area contributed by atoms with Crippen LogP contribution in [0.2, 0.25) is 10.0 Å². The lowest BCUT2D eigenvalue weighted by molar-refractivity contribution is -0.121. The summed E-state index contributed by atoms with van der Waals surface area (Å²) in [5.74, 6) is -0.441. The third kappa shape index (κ3) is 5.58. The number of piperidine rings is 1. The number of aromatic hydroxyl groups is 1. The van der Waals surface area contributed by atoms with Crippen molar-refractivity contribution >= 4 is 40.8 Å². The van der Waals surface area contributed by atoms with E-state index in [2.05, 4.69) is 10.6 Å². The standard InChI is InChI=1S/C22H25Cl2N3O3/c1-2-18(14-3-5-16(23)6-4-14)26-22(30)27-11-9-15(10-12-27)21(29)25-19-13-17(24)7-8-20(19)28/h3-8,13,15,18,28H,2,9-12H2,1H3,(H,25,29)(H,26,30). The van der Waals surface area contributed by atoms with E-state index in [4.69, 9.17) is 23.2 Å². The number of phenols is 1. The molecule has 1 saturated heterocycles. The van der Waals surface area contributed by atoms with E-state index < -0.39 is 0 Å². The maximum absolute atomic E-state index is 12.7. The second-order valence-corrected chi connectivity index (χ2v) is 8.25. The lowest BCUT2D eigenvalue weighted by Crippen LogP contribution is -2.47. The largest absolute Gasteiger partial charge is 0.506 e. The Kier molecular flexibility index (Phi) is 7.45. The van der Waals surface area contributed by atoms with Crippen LogP contribution in [0.25, 0.3) is 0 Å². The van der Waals surface area contributed by atoms with Gasteiger partial charge in [-0.25, -0.2) is 4.79 Å². The molecule has 0 aromatic heterocycles. The summed E-state index contributed by atoms with van der Waals surface area (Å²) in [6.07, 6.45) is 1.87. The maximum atomic E-state index is 12.7. The van der Waals surface area contributed by atoms with Crippen molar-refractivity contribution in [3.05, 3.63) is 58.1 Å². The minimum Gasteiger partial charge on any atom is -0.506 e. The van der Waals surface area contributed by atoms with Gasteiger partial charge in [-0.15, -0.1) is 0 Å². The zero-order valence-corrected chi connectivity index (χ0v) is 18.2. The van der Waals surface area contributed by atoms with Crippen LogP contribution in [0.5, 0.6) is 5.75 Å². The maximum Gasteiger partial charge on any atom is 0.317 e. The number of hydrogen-bond acceptors (Lipinski definition) is 3. The summed E-state index contributed by atoms with van der Waals surface area (Å²) in [5.41, 5.74) is 1.30. The van der Waals surface area contributed by atoms with Crippen molar-refractivity contribution in [3.8, 4) is 5.75 Å². The Morgan fingerprint density at radius 2 is 1.73 bits per heavy atom. The second-order valence-electron chi connectivity index (χ2n) is 7.37. The first-order chi connectivity index (χ1) is 14.4. The van der Waals surface area contributed by atoms with Gasteiger partial charge in [0.05, 0.1) is 11.7 Å². The molecule has 8 heteroatoms. The van der Waals surface area contributed by atoms with Gasteiger partial charge < -0.3 is 20.6 Å². The predicted molar refractivity (Wildman–Crippen MR) is 119 cm³/mol. The molecule has 1 unspecified atom stereocenters. The second kappa shape index (κ2) is 10.0. The first-order valence-electron chi connectivity index (χ1n) is 9.97. The molecule has 0 spiro atoms. The molecule has 2 aromatic carbocycles. The zero-order chi connectivity index (χ0) is 21.7. The minimum atomic E-state index is -0.231. The molecule has 1 aliphatic rings. The van der Waals surface area contributed by atoms with Crippen LogP contribution in [0, 0.1) is 5.92 Å². The van der Waals surface area contributed by atoms with Crippen molar-refractivity contribution < 1.29 is 14.7 Å². The van der Waals surface area contributed by atoms with Gasteiger partial charge in [0.25, 0.3) is 0 Å². The van der Waals surface area contributed by atoms with E-state index in [1.54, 1.807) is 11.0 Å². The number of urea groups is 1. The van der Waals surface area contributed by atoms with E-state index in [-0.39, 0.29) is 29.6 Å². The van der Waals surface area contributed by atoms with Gasteiger partial charge in [-0.1, -0.05) is 42.3 Å². The molecular formula is C22H25Cl2N3O3. The van der Waals surface area contributed by atoms with Gasteiger partial charge in [0, 0.05) is 29.1 Å². The molecule has 6 nitrogen and oxygen atoms in total. The van der Waals surface area contributed by atoms with Crippen LogP contribution in [-0.4, -0.2) is 35.0 Å². The average molecular weight is 450 g/mol. The Morgan fingerprint density at radius 1 is 1.10 bits per heavy atom. The smallest absolute Gasteiger partial charge is 0.317 e. The van der Waals surface area contributed by atoms with E-state index in [1.165, 1.54) is 12.1 Å². The molecule has 1 heterocycles. The van der Waals surface area contributed by atoms with Gasteiger partial charge in [-0.05, 0) is 55.2 Å². The number of likely N-dealkylation sites (tertiary alicyclic amines) is 1. The quantitative estimate of drug-likeness (QED) is 0.547. The highest BCUT2D eigenvalue weighted by Gasteiger charge is 2.28. The van der Waals surface area contributed by atoms with Gasteiger partial charge in [0.15, 0.2) is 0 Å². The van der Waals surface area contributed by atoms with Crippen molar-refractivity contribution in [1.29, 1.82) is 0 Å². The molecule has 0 aliphatic carbocycles. The summed E-state index contributed by atoms with van der Waals surface area (Å²) in [7, 11) is 0. The fourth-order valence-corrected chi connectivity index (χ4v) is 3.84. The van der Waals surface area contributed by atoms with Crippen LogP contribution in [0.15, 0.2) is 42.5 Å². The van der Waals surface area contributed by atoms with Gasteiger partial charge >= 0.3 is 6.03 Å². The minimum absolute atomic E-state index is 0.0302. The van der Waals surface area contributed by atoms with Crippen LogP contribution < -0.4 is 10.6 Å². The van der Waals surface area contributed by atoms with Crippen LogP contribution in [0.4, 0.5) is 10.5 Å². The highest BCUT2D eigenvalue weighted by atomic mass is 35.5. The first-order valence-corrected chi connectivity index (χ1v) is 10.7. The Morgan fingerprint density at radius 3 is 2.37 bits per heavy atom. The molecule has 3 N–H and O–H groups in total. The van der Waals surface area contributed by atoms with Crippen LogP contribution in [0.3, 0.4) is 0 Å². The van der Waals surface area contributed by atoms with Crippen LogP contribution in [0.1, 0.15) is 37.8 Å². The molecule has 0 saturated carbocycles. The van der Waals surface area contributed by atoms with E-state index in [1.807, 2.05) is 31.2 Å². The number of phenolic OH excluding ortho intramolecular Hbond substituents is 1. The normalized spacial score (nSPS) is 15.5. The number of benzene rings is 2. The summed E-state index contributed by atoms with van der Waals surface area (Å²) in [6.45, 7) is 2.99. The summed E-state index contributed by atoms with van der Waals surface area (Å²) in [4.78, 5) is 27.0. The van der Waals surface area contributed by atoms with Gasteiger partial charge in [0.1, 0.15) is 5.75 Å². The molecule has 30 heavy (non-hydrogen) atoms. The van der Waals surface area contributed by atoms with E-state index in [0.29, 0.717) is 41.7 Å². The van der Waals surface area contributed by atoms with Crippen molar-refractivity contribution in [2.45, 2.75) is 32.2 Å². The fraction of sp³-hybridized carbons (Fsp3) is 0.364. The van der Waals surface area contributed by atoms with Crippen molar-refractivity contribution in [3.63, 3.8) is 0 Å². The number of nitrogens with zero attached hydrogens (tertiary/aromatic N) is 1. The molecule has 3 rings (SSSR count). The third-order valence-electron chi connectivity index (χ3n) is 5.35. The predicted octanol–water partition coefficient (Wildman–Crippen LogP) is 5.21. The van der Waals surface area contributed by atoms with E-state index >= 15 is 0 Å². The fourth-order valence-electron chi connectivity index (χ4n) is 3.54. The number of hydrogen-bond donors (Lipinski definition) is 3. The number of rotatable bonds is 5. The number of halogens is 2. The van der Waals surface area contributed by atoms with E-state index in [9.17, 15) is 14.7 Å². The van der Waals surface area contributed by atoms with Crippen molar-refractivity contribution in [2.75, 3.05) is 18.4 Å². The summed E-state index contributed by atoms with van der Waals surface area (Å²) in [5, 5.41) is 16.8.